The molecule has 36 heavy (non-hydrogen) atoms. The van der Waals surface area contributed by atoms with Crippen molar-refractivity contribution in [2.75, 3.05) is 11.9 Å². The molecule has 2 atom stereocenters. The van der Waals surface area contributed by atoms with Gasteiger partial charge in [-0.05, 0) is 62.6 Å². The van der Waals surface area contributed by atoms with E-state index in [1.165, 1.54) is 30.5 Å². The molecule has 6 heteroatoms. The summed E-state index contributed by atoms with van der Waals surface area (Å²) in [5, 5.41) is 4.71. The van der Waals surface area contributed by atoms with Crippen molar-refractivity contribution in [1.82, 2.24) is 19.5 Å². The molecule has 0 bridgehead atoms. The summed E-state index contributed by atoms with van der Waals surface area (Å²) in [6.07, 6.45) is 9.73. The molecule has 1 fully saturated rings. The number of aromatic nitrogens is 3. The van der Waals surface area contributed by atoms with Gasteiger partial charge < -0.3 is 9.80 Å². The maximum Gasteiger partial charge on any atom is 0.225 e. The van der Waals surface area contributed by atoms with Crippen LogP contribution in [0.5, 0.6) is 0 Å². The molecular formula is C30H41N5O. The van der Waals surface area contributed by atoms with Crippen molar-refractivity contribution in [2.45, 2.75) is 91.6 Å². The number of carbonyl (C=O) groups excluding carboxylic acids is 1. The first kappa shape index (κ1) is 24.8. The lowest BCUT2D eigenvalue weighted by molar-refractivity contribution is -0.139. The van der Waals surface area contributed by atoms with Gasteiger partial charge in [-0.3, -0.25) is 4.79 Å². The smallest absolute Gasteiger partial charge is 0.225 e. The third-order valence-electron chi connectivity index (χ3n) is 8.18. The maximum absolute atomic E-state index is 13.5. The molecule has 3 heterocycles. The topological polar surface area (TPSA) is 53.7 Å². The van der Waals surface area contributed by atoms with Crippen molar-refractivity contribution >= 4 is 22.9 Å². The highest BCUT2D eigenvalue weighted by Crippen LogP contribution is 2.41. The van der Waals surface area contributed by atoms with Gasteiger partial charge in [-0.2, -0.15) is 5.10 Å². The molecule has 3 aromatic rings. The third-order valence-corrected chi connectivity index (χ3v) is 8.18. The van der Waals surface area contributed by atoms with Crippen LogP contribution in [0.1, 0.15) is 89.2 Å². The second-order valence-corrected chi connectivity index (χ2v) is 12.0. The maximum atomic E-state index is 13.5. The fourth-order valence-corrected chi connectivity index (χ4v) is 6.51. The zero-order valence-electron chi connectivity index (χ0n) is 22.8. The van der Waals surface area contributed by atoms with Crippen molar-refractivity contribution in [2.24, 2.45) is 11.3 Å². The minimum absolute atomic E-state index is 0.0281. The number of anilines is 2. The van der Waals surface area contributed by atoms with Crippen molar-refractivity contribution in [1.29, 1.82) is 0 Å². The van der Waals surface area contributed by atoms with Crippen LogP contribution < -0.4 is 4.90 Å². The van der Waals surface area contributed by atoms with Crippen LogP contribution in [-0.2, 0) is 11.2 Å². The summed E-state index contributed by atoms with van der Waals surface area (Å²) in [5.41, 5.74) is 6.54. The molecule has 5 rings (SSSR count). The first-order chi connectivity index (χ1) is 17.1. The van der Waals surface area contributed by atoms with E-state index in [4.69, 9.17) is 10.1 Å². The number of amides is 1. The molecular weight excluding hydrogens is 446 g/mol. The first-order valence-electron chi connectivity index (χ1n) is 13.7. The van der Waals surface area contributed by atoms with Gasteiger partial charge in [-0.15, -0.1) is 0 Å². The highest BCUT2D eigenvalue weighted by molar-refractivity contribution is 5.79. The van der Waals surface area contributed by atoms with Crippen molar-refractivity contribution < 1.29 is 4.79 Å². The van der Waals surface area contributed by atoms with Crippen LogP contribution in [0.4, 0.5) is 11.4 Å². The molecule has 0 unspecified atom stereocenters. The molecule has 1 saturated carbocycles. The van der Waals surface area contributed by atoms with Crippen LogP contribution in [0.15, 0.2) is 36.5 Å². The van der Waals surface area contributed by atoms with Gasteiger partial charge in [0.1, 0.15) is 0 Å². The first-order valence-corrected chi connectivity index (χ1v) is 13.7. The number of hydrogen-bond donors (Lipinski definition) is 0. The molecule has 0 radical (unpaired) electrons. The fraction of sp³-hybridized carbons (Fsp3) is 0.567. The van der Waals surface area contributed by atoms with E-state index in [2.05, 4.69) is 56.9 Å². The Morgan fingerprint density at radius 1 is 1.08 bits per heavy atom. The van der Waals surface area contributed by atoms with Crippen LogP contribution in [0.2, 0.25) is 0 Å². The van der Waals surface area contributed by atoms with Gasteiger partial charge in [0.2, 0.25) is 5.91 Å². The Labute approximate surface area is 215 Å². The normalized spacial score (nSPS) is 19.8. The Morgan fingerprint density at radius 2 is 1.78 bits per heavy atom. The van der Waals surface area contributed by atoms with Crippen LogP contribution >= 0.6 is 0 Å². The summed E-state index contributed by atoms with van der Waals surface area (Å²) in [6, 6.07) is 11.3. The van der Waals surface area contributed by atoms with E-state index in [1.807, 2.05) is 35.6 Å². The largest absolute Gasteiger partial charge is 0.338 e. The predicted octanol–water partition coefficient (Wildman–Crippen LogP) is 6.64. The van der Waals surface area contributed by atoms with Gasteiger partial charge in [-0.1, -0.05) is 52.2 Å². The molecule has 6 nitrogen and oxygen atoms in total. The summed E-state index contributed by atoms with van der Waals surface area (Å²) >= 11 is 0. The van der Waals surface area contributed by atoms with Gasteiger partial charge in [0.15, 0.2) is 5.65 Å². The zero-order valence-corrected chi connectivity index (χ0v) is 22.8. The van der Waals surface area contributed by atoms with E-state index >= 15 is 0 Å². The monoisotopic (exact) mass is 487 g/mol. The third kappa shape index (κ3) is 4.51. The van der Waals surface area contributed by atoms with E-state index in [0.29, 0.717) is 11.9 Å². The zero-order chi connectivity index (χ0) is 25.6. The van der Waals surface area contributed by atoms with E-state index < -0.39 is 0 Å². The quantitative estimate of drug-likeness (QED) is 0.414. The van der Waals surface area contributed by atoms with Gasteiger partial charge in [0.25, 0.3) is 0 Å². The summed E-state index contributed by atoms with van der Waals surface area (Å²) in [7, 11) is 2.01. The second kappa shape index (κ2) is 9.53. The van der Waals surface area contributed by atoms with E-state index in [-0.39, 0.29) is 17.4 Å². The summed E-state index contributed by atoms with van der Waals surface area (Å²) in [5.74, 6) is 0.482. The number of fused-ring (bicyclic) bond motifs is 3. The molecule has 0 saturated heterocycles. The molecule has 1 aromatic carbocycles. The van der Waals surface area contributed by atoms with Gasteiger partial charge in [0, 0.05) is 30.8 Å². The van der Waals surface area contributed by atoms with E-state index in [0.717, 1.165) is 48.4 Å². The SMILES string of the molecule is Cc1cc2ncc3c(n2n1)CC[C@H](C)N3c1ccc([C@H](N(C)C(=O)C2CCCCC2)C(C)(C)C)cc1. The Bertz CT molecular complexity index is 1230. The molecule has 0 spiro atoms. The number of carbonyl (C=O) groups is 1. The minimum atomic E-state index is -0.0703. The lowest BCUT2D eigenvalue weighted by Gasteiger charge is -2.41. The van der Waals surface area contributed by atoms with Crippen LogP contribution in [0.25, 0.3) is 5.65 Å². The Hall–Kier alpha value is -2.89. The second-order valence-electron chi connectivity index (χ2n) is 12.0. The Balaban J connectivity index is 1.46. The molecule has 0 N–H and O–H groups in total. The summed E-state index contributed by atoms with van der Waals surface area (Å²) < 4.78 is 2.01. The highest BCUT2D eigenvalue weighted by atomic mass is 16.2. The van der Waals surface area contributed by atoms with E-state index in [1.54, 1.807) is 0 Å². The minimum Gasteiger partial charge on any atom is -0.338 e. The van der Waals surface area contributed by atoms with Crippen molar-refractivity contribution in [3.05, 3.63) is 53.5 Å². The molecule has 2 aliphatic rings. The Morgan fingerprint density at radius 3 is 2.44 bits per heavy atom. The number of benzene rings is 1. The number of aryl methyl sites for hydroxylation is 2. The van der Waals surface area contributed by atoms with Crippen molar-refractivity contribution in [3.8, 4) is 0 Å². The van der Waals surface area contributed by atoms with Crippen LogP contribution in [0.3, 0.4) is 0 Å². The number of hydrogen-bond acceptors (Lipinski definition) is 4. The highest BCUT2D eigenvalue weighted by Gasteiger charge is 2.36. The summed E-state index contributed by atoms with van der Waals surface area (Å²) in [4.78, 5) is 22.6. The van der Waals surface area contributed by atoms with Crippen LogP contribution in [-0.4, -0.2) is 38.5 Å². The lowest BCUT2D eigenvalue weighted by Crippen LogP contribution is -2.42. The number of rotatable bonds is 4. The number of nitrogens with zero attached hydrogens (tertiary/aromatic N) is 5. The average Bonchev–Trinajstić information content (AvgIpc) is 3.24. The van der Waals surface area contributed by atoms with E-state index in [9.17, 15) is 4.79 Å². The molecule has 1 aliphatic carbocycles. The molecule has 1 aliphatic heterocycles. The summed E-state index contributed by atoms with van der Waals surface area (Å²) in [6.45, 7) is 11.0. The standard InChI is InChI=1S/C30H41N5O/c1-20-18-27-31-19-26-25(35(27)32-20)17-12-21(2)34(26)24-15-13-22(14-16-24)28(30(3,4)5)33(6)29(36)23-10-8-7-9-11-23/h13-16,18-19,21,23,28H,7-12,17H2,1-6H3/t21-,28-/m0/s1. The lowest BCUT2D eigenvalue weighted by atomic mass is 9.80. The molecule has 2 aromatic heterocycles. The Kier molecular flexibility index (Phi) is 6.56. The average molecular weight is 488 g/mol. The molecule has 192 valence electrons. The van der Waals surface area contributed by atoms with Crippen molar-refractivity contribution in [3.63, 3.8) is 0 Å². The van der Waals surface area contributed by atoms with Gasteiger partial charge in [0.05, 0.1) is 29.3 Å². The predicted molar refractivity (Wildman–Crippen MR) is 146 cm³/mol. The van der Waals surface area contributed by atoms with Gasteiger partial charge >= 0.3 is 0 Å². The molecule has 1 amide bonds. The van der Waals surface area contributed by atoms with Crippen LogP contribution in [0, 0.1) is 18.3 Å². The van der Waals surface area contributed by atoms with Gasteiger partial charge in [-0.25, -0.2) is 9.50 Å². The fourth-order valence-electron chi connectivity index (χ4n) is 6.51.